The Labute approximate surface area is 235 Å². The van der Waals surface area contributed by atoms with E-state index in [9.17, 15) is 4.79 Å². The number of hydrogen-bond donors (Lipinski definition) is 1. The second-order valence-electron chi connectivity index (χ2n) is 8.59. The van der Waals surface area contributed by atoms with Crippen LogP contribution in [0.25, 0.3) is 22.2 Å². The Bertz CT molecular complexity index is 1670. The normalized spacial score (nSPS) is 11.1. The summed E-state index contributed by atoms with van der Waals surface area (Å²) in [5, 5.41) is 5.86. The molecule has 4 aromatic carbocycles. The minimum atomic E-state index is -0.360. The first-order chi connectivity index (χ1) is 19.0. The van der Waals surface area contributed by atoms with Crippen LogP contribution in [0.5, 0.6) is 11.5 Å². The van der Waals surface area contributed by atoms with Crippen molar-refractivity contribution in [3.8, 4) is 22.8 Å². The summed E-state index contributed by atoms with van der Waals surface area (Å²) in [5.74, 6) is 0.475. The molecular weight excluding hydrogens is 533 g/mol. The number of carbonyl (C=O) groups excluding carboxylic acids is 1. The zero-order chi connectivity index (χ0) is 27.2. The highest BCUT2D eigenvalue weighted by molar-refractivity contribution is 6.32. The van der Waals surface area contributed by atoms with Crippen molar-refractivity contribution in [2.24, 2.45) is 5.10 Å². The predicted molar refractivity (Wildman–Crippen MR) is 156 cm³/mol. The number of nitrogens with zero attached hydrogens (tertiary/aromatic N) is 2. The van der Waals surface area contributed by atoms with E-state index >= 15 is 0 Å². The number of rotatable bonds is 8. The van der Waals surface area contributed by atoms with E-state index < -0.39 is 0 Å². The third kappa shape index (κ3) is 6.20. The average molecular weight is 556 g/mol. The third-order valence-corrected chi connectivity index (χ3v) is 6.45. The summed E-state index contributed by atoms with van der Waals surface area (Å²) in [6.07, 6.45) is 1.49. The SMILES string of the molecule is COc1cc(/C=N\NC(=O)c2cc(-c3ccccc3)nc3ccccc23)cc(Cl)c1OCc1cccc(Cl)c1. The molecule has 6 nitrogen and oxygen atoms in total. The Kier molecular flexibility index (Phi) is 8.06. The maximum atomic E-state index is 13.2. The standard InChI is InChI=1S/C31H23Cl2N3O3/c1-38-29-16-21(15-26(33)30(29)39-19-20-8-7-11-23(32)14-20)18-34-36-31(37)25-17-28(22-9-3-2-4-10-22)35-27-13-6-5-12-24(25)27/h2-18H,19H2,1H3,(H,36,37)/b34-18-. The van der Waals surface area contributed by atoms with Gasteiger partial charge in [-0.3, -0.25) is 4.79 Å². The van der Waals surface area contributed by atoms with Gasteiger partial charge >= 0.3 is 0 Å². The Morgan fingerprint density at radius 2 is 1.74 bits per heavy atom. The van der Waals surface area contributed by atoms with E-state index in [4.69, 9.17) is 37.7 Å². The first-order valence-electron chi connectivity index (χ1n) is 12.0. The summed E-state index contributed by atoms with van der Waals surface area (Å²) in [7, 11) is 1.53. The summed E-state index contributed by atoms with van der Waals surface area (Å²) in [5.41, 5.74) is 6.94. The van der Waals surface area contributed by atoms with E-state index in [0.29, 0.717) is 38.4 Å². The maximum Gasteiger partial charge on any atom is 0.272 e. The molecule has 0 bridgehead atoms. The smallest absolute Gasteiger partial charge is 0.272 e. The molecule has 1 amide bonds. The summed E-state index contributed by atoms with van der Waals surface area (Å²) in [6.45, 7) is 0.269. The van der Waals surface area contributed by atoms with E-state index in [1.807, 2.05) is 72.8 Å². The zero-order valence-electron chi connectivity index (χ0n) is 20.9. The van der Waals surface area contributed by atoms with Crippen LogP contribution in [0.1, 0.15) is 21.5 Å². The minimum absolute atomic E-state index is 0.269. The number of carbonyl (C=O) groups is 1. The molecular formula is C31H23Cl2N3O3. The fraction of sp³-hybridized carbons (Fsp3) is 0.0645. The van der Waals surface area contributed by atoms with Gasteiger partial charge < -0.3 is 9.47 Å². The van der Waals surface area contributed by atoms with E-state index in [0.717, 1.165) is 22.0 Å². The number of nitrogens with one attached hydrogen (secondary N) is 1. The lowest BCUT2D eigenvalue weighted by Crippen LogP contribution is -2.18. The van der Waals surface area contributed by atoms with Gasteiger partial charge in [0.25, 0.3) is 5.91 Å². The molecule has 0 aliphatic heterocycles. The van der Waals surface area contributed by atoms with Crippen molar-refractivity contribution < 1.29 is 14.3 Å². The number of pyridine rings is 1. The molecule has 1 aromatic heterocycles. The van der Waals surface area contributed by atoms with Crippen molar-refractivity contribution in [3.05, 3.63) is 124 Å². The minimum Gasteiger partial charge on any atom is -0.493 e. The summed E-state index contributed by atoms with van der Waals surface area (Å²) < 4.78 is 11.4. The zero-order valence-corrected chi connectivity index (χ0v) is 22.4. The number of hydrazone groups is 1. The fourth-order valence-electron chi connectivity index (χ4n) is 4.08. The van der Waals surface area contributed by atoms with E-state index in [1.54, 1.807) is 24.3 Å². The molecule has 0 fully saturated rings. The van der Waals surface area contributed by atoms with Crippen LogP contribution < -0.4 is 14.9 Å². The number of halogens is 2. The van der Waals surface area contributed by atoms with Crippen LogP contribution in [0.2, 0.25) is 10.0 Å². The highest BCUT2D eigenvalue weighted by atomic mass is 35.5. The van der Waals surface area contributed by atoms with Gasteiger partial charge in [-0.15, -0.1) is 0 Å². The lowest BCUT2D eigenvalue weighted by molar-refractivity contribution is 0.0956. The van der Waals surface area contributed by atoms with Crippen LogP contribution in [0.3, 0.4) is 0 Å². The largest absolute Gasteiger partial charge is 0.493 e. The number of benzene rings is 4. The van der Waals surface area contributed by atoms with Crippen LogP contribution in [-0.2, 0) is 6.61 Å². The molecule has 0 unspecified atom stereocenters. The van der Waals surface area contributed by atoms with E-state index in [1.165, 1.54) is 13.3 Å². The molecule has 0 aliphatic rings. The van der Waals surface area contributed by atoms with Gasteiger partial charge in [-0.25, -0.2) is 10.4 Å². The molecule has 1 heterocycles. The number of hydrogen-bond acceptors (Lipinski definition) is 5. The summed E-state index contributed by atoms with van der Waals surface area (Å²) in [4.78, 5) is 17.9. The molecule has 194 valence electrons. The topological polar surface area (TPSA) is 72.8 Å². The summed E-state index contributed by atoms with van der Waals surface area (Å²) in [6, 6.07) is 29.8. The van der Waals surface area contributed by atoms with Crippen molar-refractivity contribution in [1.82, 2.24) is 10.4 Å². The molecule has 5 aromatic rings. The van der Waals surface area contributed by atoms with Crippen molar-refractivity contribution in [3.63, 3.8) is 0 Å². The maximum absolute atomic E-state index is 13.2. The molecule has 0 aliphatic carbocycles. The Hall–Kier alpha value is -4.39. The number of amides is 1. The lowest BCUT2D eigenvalue weighted by Gasteiger charge is -2.13. The van der Waals surface area contributed by atoms with Gasteiger partial charge in [-0.2, -0.15) is 5.10 Å². The monoisotopic (exact) mass is 555 g/mol. The number of aromatic nitrogens is 1. The molecule has 0 saturated carbocycles. The summed E-state index contributed by atoms with van der Waals surface area (Å²) >= 11 is 12.6. The molecule has 8 heteroatoms. The Morgan fingerprint density at radius 3 is 2.54 bits per heavy atom. The van der Waals surface area contributed by atoms with Crippen LogP contribution in [0.4, 0.5) is 0 Å². The highest BCUT2D eigenvalue weighted by Crippen LogP contribution is 2.36. The quantitative estimate of drug-likeness (QED) is 0.158. The molecule has 39 heavy (non-hydrogen) atoms. The molecule has 1 N–H and O–H groups in total. The van der Waals surface area contributed by atoms with Crippen LogP contribution in [0, 0.1) is 0 Å². The van der Waals surface area contributed by atoms with Gasteiger partial charge in [0.05, 0.1) is 35.1 Å². The van der Waals surface area contributed by atoms with Crippen molar-refractivity contribution >= 4 is 46.2 Å². The van der Waals surface area contributed by atoms with Crippen molar-refractivity contribution in [2.75, 3.05) is 7.11 Å². The highest BCUT2D eigenvalue weighted by Gasteiger charge is 2.15. The number of para-hydroxylation sites is 1. The average Bonchev–Trinajstić information content (AvgIpc) is 2.96. The van der Waals surface area contributed by atoms with Crippen LogP contribution >= 0.6 is 23.2 Å². The van der Waals surface area contributed by atoms with Gasteiger partial charge in [0.15, 0.2) is 11.5 Å². The van der Waals surface area contributed by atoms with Crippen molar-refractivity contribution in [2.45, 2.75) is 6.61 Å². The third-order valence-electron chi connectivity index (χ3n) is 5.93. The van der Waals surface area contributed by atoms with Gasteiger partial charge in [-0.1, -0.05) is 83.9 Å². The fourth-order valence-corrected chi connectivity index (χ4v) is 4.57. The predicted octanol–water partition coefficient (Wildman–Crippen LogP) is 7.56. The molecule has 0 saturated heterocycles. The van der Waals surface area contributed by atoms with Gasteiger partial charge in [0.2, 0.25) is 0 Å². The van der Waals surface area contributed by atoms with Crippen LogP contribution in [0.15, 0.2) is 102 Å². The van der Waals surface area contributed by atoms with E-state index in [2.05, 4.69) is 10.5 Å². The Morgan fingerprint density at radius 1 is 0.949 bits per heavy atom. The number of methoxy groups -OCH3 is 1. The molecule has 0 radical (unpaired) electrons. The van der Waals surface area contributed by atoms with Gasteiger partial charge in [0.1, 0.15) is 6.61 Å². The molecule has 5 rings (SSSR count). The van der Waals surface area contributed by atoms with Crippen molar-refractivity contribution in [1.29, 1.82) is 0 Å². The second-order valence-corrected chi connectivity index (χ2v) is 9.43. The van der Waals surface area contributed by atoms with Gasteiger partial charge in [0, 0.05) is 16.0 Å². The number of fused-ring (bicyclic) bond motifs is 1. The first-order valence-corrected chi connectivity index (χ1v) is 12.8. The van der Waals surface area contributed by atoms with E-state index in [-0.39, 0.29) is 12.5 Å². The molecule has 0 spiro atoms. The lowest BCUT2D eigenvalue weighted by atomic mass is 10.0. The van der Waals surface area contributed by atoms with Gasteiger partial charge in [-0.05, 0) is 47.5 Å². The number of ether oxygens (including phenoxy) is 2. The second kappa shape index (κ2) is 12.0. The van der Waals surface area contributed by atoms with Crippen LogP contribution in [-0.4, -0.2) is 24.2 Å². The Balaban J connectivity index is 1.35. The first kappa shape index (κ1) is 26.2. The molecule has 0 atom stereocenters.